The number of unbranched alkanes of at least 4 members (excludes halogenated alkanes) is 1. The number of hydrogen-bond donors (Lipinski definition) is 2. The maximum Gasteiger partial charge on any atom is 0.258 e. The largest absolute Gasteiger partial charge is 0.379 e. The van der Waals surface area contributed by atoms with Crippen LogP contribution in [0.5, 0.6) is 0 Å². The van der Waals surface area contributed by atoms with Crippen molar-refractivity contribution in [3.05, 3.63) is 48.2 Å². The van der Waals surface area contributed by atoms with Gasteiger partial charge in [0.1, 0.15) is 0 Å². The average Bonchev–Trinajstić information content (AvgIpc) is 3.15. The van der Waals surface area contributed by atoms with E-state index in [1.54, 1.807) is 6.20 Å². The standard InChI is InChI=1S/C27H34N6O2/c28-19(5-1-2-13-32-15-17-35-18-16-32)6-4-14-33-24-10-9-20(23-11-12-30-27(29)31-23)21-7-3-8-22(25(21)24)26(33)34/h3,7-12,19H,1-2,4-6,13-18,28H2,(H2,29,30,31). The Kier molecular flexibility index (Phi) is 7.22. The van der Waals surface area contributed by atoms with E-state index in [-0.39, 0.29) is 17.9 Å². The monoisotopic (exact) mass is 474 g/mol. The number of benzene rings is 2. The number of aromatic nitrogens is 2. The highest BCUT2D eigenvalue weighted by atomic mass is 16.5. The molecule has 1 fully saturated rings. The first-order valence-corrected chi connectivity index (χ1v) is 12.6. The first-order chi connectivity index (χ1) is 17.1. The highest BCUT2D eigenvalue weighted by molar-refractivity contribution is 6.26. The molecule has 1 saturated heterocycles. The second kappa shape index (κ2) is 10.7. The lowest BCUT2D eigenvalue weighted by Gasteiger charge is -2.26. The number of amides is 1. The van der Waals surface area contributed by atoms with Gasteiger partial charge in [0.05, 0.1) is 24.6 Å². The van der Waals surface area contributed by atoms with Gasteiger partial charge in [0, 0.05) is 48.4 Å². The Morgan fingerprint density at radius 1 is 0.971 bits per heavy atom. The Bertz CT molecular complexity index is 1190. The molecule has 0 radical (unpaired) electrons. The zero-order valence-corrected chi connectivity index (χ0v) is 20.2. The number of hydrogen-bond acceptors (Lipinski definition) is 7. The number of carbonyl (C=O) groups excluding carboxylic acids is 1. The maximum atomic E-state index is 13.3. The van der Waals surface area contributed by atoms with Crippen molar-refractivity contribution in [2.45, 2.75) is 38.1 Å². The number of nitrogens with two attached hydrogens (primary N) is 2. The zero-order chi connectivity index (χ0) is 24.2. The summed E-state index contributed by atoms with van der Waals surface area (Å²) in [5.41, 5.74) is 15.6. The van der Waals surface area contributed by atoms with Crippen molar-refractivity contribution >= 4 is 28.3 Å². The van der Waals surface area contributed by atoms with Crippen LogP contribution >= 0.6 is 0 Å². The molecule has 184 valence electrons. The smallest absolute Gasteiger partial charge is 0.258 e. The molecule has 8 heteroatoms. The molecular formula is C27H34N6O2. The molecule has 35 heavy (non-hydrogen) atoms. The van der Waals surface area contributed by atoms with Crippen molar-refractivity contribution < 1.29 is 9.53 Å². The third-order valence-electron chi connectivity index (χ3n) is 7.09. The molecule has 0 aliphatic carbocycles. The van der Waals surface area contributed by atoms with E-state index < -0.39 is 0 Å². The van der Waals surface area contributed by atoms with Crippen LogP contribution < -0.4 is 16.4 Å². The van der Waals surface area contributed by atoms with Gasteiger partial charge in [-0.3, -0.25) is 9.69 Å². The van der Waals surface area contributed by atoms with Gasteiger partial charge in [-0.05, 0) is 55.8 Å². The summed E-state index contributed by atoms with van der Waals surface area (Å²) in [7, 11) is 0. The molecule has 0 bridgehead atoms. The molecule has 1 amide bonds. The van der Waals surface area contributed by atoms with Gasteiger partial charge in [-0.25, -0.2) is 9.97 Å². The average molecular weight is 475 g/mol. The van der Waals surface area contributed by atoms with Gasteiger partial charge in [0.2, 0.25) is 5.95 Å². The Morgan fingerprint density at radius 2 is 1.80 bits per heavy atom. The zero-order valence-electron chi connectivity index (χ0n) is 20.2. The molecule has 4 N–H and O–H groups in total. The van der Waals surface area contributed by atoms with Crippen LogP contribution in [-0.2, 0) is 4.74 Å². The van der Waals surface area contributed by atoms with Crippen molar-refractivity contribution in [3.8, 4) is 11.3 Å². The Hall–Kier alpha value is -3.07. The van der Waals surface area contributed by atoms with Crippen LogP contribution in [0.4, 0.5) is 11.6 Å². The van der Waals surface area contributed by atoms with Gasteiger partial charge in [0.25, 0.3) is 5.91 Å². The Labute approximate surface area is 206 Å². The second-order valence-corrected chi connectivity index (χ2v) is 9.47. The van der Waals surface area contributed by atoms with Crippen LogP contribution in [0.25, 0.3) is 22.0 Å². The van der Waals surface area contributed by atoms with Gasteiger partial charge >= 0.3 is 0 Å². The molecule has 1 unspecified atom stereocenters. The van der Waals surface area contributed by atoms with Gasteiger partial charge in [0.15, 0.2) is 0 Å². The third kappa shape index (κ3) is 5.15. The van der Waals surface area contributed by atoms with E-state index in [1.807, 2.05) is 41.3 Å². The van der Waals surface area contributed by atoms with Gasteiger partial charge in [-0.1, -0.05) is 24.6 Å². The predicted octanol–water partition coefficient (Wildman–Crippen LogP) is 3.45. The number of rotatable bonds is 10. The predicted molar refractivity (Wildman–Crippen MR) is 139 cm³/mol. The van der Waals surface area contributed by atoms with Crippen molar-refractivity contribution in [3.63, 3.8) is 0 Å². The van der Waals surface area contributed by atoms with Crippen LogP contribution in [0.2, 0.25) is 0 Å². The lowest BCUT2D eigenvalue weighted by molar-refractivity contribution is 0.0371. The molecule has 1 atom stereocenters. The van der Waals surface area contributed by atoms with Crippen LogP contribution in [0.3, 0.4) is 0 Å². The Balaban J connectivity index is 1.19. The molecular weight excluding hydrogens is 440 g/mol. The molecule has 1 aromatic heterocycles. The molecule has 3 aromatic rings. The molecule has 0 saturated carbocycles. The maximum absolute atomic E-state index is 13.3. The minimum atomic E-state index is 0.0593. The van der Waals surface area contributed by atoms with Crippen molar-refractivity contribution in [1.29, 1.82) is 0 Å². The third-order valence-corrected chi connectivity index (χ3v) is 7.09. The number of anilines is 2. The minimum absolute atomic E-state index is 0.0593. The Morgan fingerprint density at radius 3 is 2.63 bits per heavy atom. The number of ether oxygens (including phenoxy) is 1. The molecule has 3 heterocycles. The summed E-state index contributed by atoms with van der Waals surface area (Å²) in [5.74, 6) is 0.296. The highest BCUT2D eigenvalue weighted by Crippen LogP contribution is 2.41. The lowest BCUT2D eigenvalue weighted by Crippen LogP contribution is -2.36. The van der Waals surface area contributed by atoms with E-state index >= 15 is 0 Å². The van der Waals surface area contributed by atoms with Crippen LogP contribution in [0.1, 0.15) is 42.5 Å². The summed E-state index contributed by atoms with van der Waals surface area (Å²) in [6.07, 6.45) is 6.80. The van der Waals surface area contributed by atoms with Crippen molar-refractivity contribution in [1.82, 2.24) is 14.9 Å². The van der Waals surface area contributed by atoms with Gasteiger partial charge in [-0.15, -0.1) is 0 Å². The van der Waals surface area contributed by atoms with E-state index in [1.165, 1.54) is 6.42 Å². The molecule has 2 aliphatic rings. The molecule has 0 spiro atoms. The van der Waals surface area contributed by atoms with E-state index in [4.69, 9.17) is 16.2 Å². The van der Waals surface area contributed by atoms with Crippen LogP contribution in [0, 0.1) is 0 Å². The topological polar surface area (TPSA) is 111 Å². The minimum Gasteiger partial charge on any atom is -0.379 e. The first kappa shape index (κ1) is 23.7. The number of nitrogen functional groups attached to an aromatic ring is 1. The fraction of sp³-hybridized carbons (Fsp3) is 0.444. The lowest BCUT2D eigenvalue weighted by atomic mass is 9.98. The van der Waals surface area contributed by atoms with Crippen molar-refractivity contribution in [2.24, 2.45) is 5.73 Å². The summed E-state index contributed by atoms with van der Waals surface area (Å²) in [4.78, 5) is 26.0. The van der Waals surface area contributed by atoms with E-state index in [9.17, 15) is 4.79 Å². The van der Waals surface area contributed by atoms with E-state index in [0.29, 0.717) is 6.54 Å². The summed E-state index contributed by atoms with van der Waals surface area (Å²) in [6, 6.07) is 11.9. The summed E-state index contributed by atoms with van der Waals surface area (Å²) in [5, 5.41) is 1.99. The molecule has 2 aliphatic heterocycles. The van der Waals surface area contributed by atoms with Gasteiger partial charge < -0.3 is 21.1 Å². The summed E-state index contributed by atoms with van der Waals surface area (Å²) in [6.45, 7) is 5.58. The number of nitrogens with zero attached hydrogens (tertiary/aromatic N) is 4. The van der Waals surface area contributed by atoms with Crippen molar-refractivity contribution in [2.75, 3.05) is 50.0 Å². The quantitative estimate of drug-likeness (QED) is 0.433. The summed E-state index contributed by atoms with van der Waals surface area (Å²) >= 11 is 0. The molecule has 5 rings (SSSR count). The molecule has 2 aromatic carbocycles. The first-order valence-electron chi connectivity index (χ1n) is 12.6. The normalized spacial score (nSPS) is 16.8. The highest BCUT2D eigenvalue weighted by Gasteiger charge is 2.30. The summed E-state index contributed by atoms with van der Waals surface area (Å²) < 4.78 is 5.41. The van der Waals surface area contributed by atoms with E-state index in [2.05, 4.69) is 14.9 Å². The van der Waals surface area contributed by atoms with Crippen LogP contribution in [-0.4, -0.2) is 66.2 Å². The fourth-order valence-electron chi connectivity index (χ4n) is 5.24. The van der Waals surface area contributed by atoms with E-state index in [0.717, 1.165) is 91.8 Å². The van der Waals surface area contributed by atoms with Gasteiger partial charge in [-0.2, -0.15) is 0 Å². The number of morpholine rings is 1. The SMILES string of the molecule is Nc1nccc(-c2ccc3c4c(cccc24)C(=O)N3CCCC(N)CCCCN2CCOCC2)n1. The second-order valence-electron chi connectivity index (χ2n) is 9.47. The van der Waals surface area contributed by atoms with Crippen LogP contribution in [0.15, 0.2) is 42.6 Å². The fourth-order valence-corrected chi connectivity index (χ4v) is 5.24. The molecule has 8 nitrogen and oxygen atoms in total. The number of carbonyl (C=O) groups is 1.